The number of carbonyl (C=O) groups is 1. The Labute approximate surface area is 215 Å². The molecule has 37 heavy (non-hydrogen) atoms. The quantitative estimate of drug-likeness (QED) is 0.461. The maximum Gasteiger partial charge on any atom is 0.257 e. The fourth-order valence-electron chi connectivity index (χ4n) is 4.89. The van der Waals surface area contributed by atoms with Crippen molar-refractivity contribution in [2.75, 3.05) is 44.2 Å². The van der Waals surface area contributed by atoms with Crippen LogP contribution in [0.3, 0.4) is 0 Å². The highest BCUT2D eigenvalue weighted by Gasteiger charge is 2.34. The van der Waals surface area contributed by atoms with Gasteiger partial charge < -0.3 is 9.64 Å². The third-order valence-electron chi connectivity index (χ3n) is 6.84. The first-order valence-electron chi connectivity index (χ1n) is 12.6. The largest absolute Gasteiger partial charge is 0.494 e. The van der Waals surface area contributed by atoms with Crippen LogP contribution in [0.1, 0.15) is 30.5 Å². The Morgan fingerprint density at radius 1 is 0.946 bits per heavy atom. The number of hydrazone groups is 1. The van der Waals surface area contributed by atoms with E-state index in [1.807, 2.05) is 42.2 Å². The minimum absolute atomic E-state index is 0.102. The summed E-state index contributed by atoms with van der Waals surface area (Å²) in [5, 5.41) is 6.27. The molecule has 0 aromatic heterocycles. The van der Waals surface area contributed by atoms with Crippen molar-refractivity contribution in [3.05, 3.63) is 95.6 Å². The van der Waals surface area contributed by atoms with E-state index in [0.717, 1.165) is 22.6 Å². The van der Waals surface area contributed by atoms with E-state index in [0.29, 0.717) is 44.9 Å². The fourth-order valence-corrected chi connectivity index (χ4v) is 4.89. The van der Waals surface area contributed by atoms with Gasteiger partial charge in [0, 0.05) is 32.6 Å². The molecule has 1 fully saturated rings. The van der Waals surface area contributed by atoms with Crippen molar-refractivity contribution in [3.8, 4) is 5.75 Å². The standard InChI is InChI=1S/C29H30F2N4O2/c1-2-37-24-13-9-22(10-14-24)28-19-26(21-7-11-23(30)12-8-21)32-35(28)29(36)20-33-15-17-34(18-16-33)27-6-4-3-5-25(27)31/h3-14,28H,2,15-20H2,1H3. The van der Waals surface area contributed by atoms with Crippen molar-refractivity contribution in [1.82, 2.24) is 9.91 Å². The maximum absolute atomic E-state index is 14.2. The number of benzene rings is 3. The van der Waals surface area contributed by atoms with Gasteiger partial charge in [-0.2, -0.15) is 5.10 Å². The van der Waals surface area contributed by atoms with E-state index in [1.165, 1.54) is 18.2 Å². The molecular weight excluding hydrogens is 474 g/mol. The molecule has 3 aromatic rings. The van der Waals surface area contributed by atoms with E-state index < -0.39 is 0 Å². The van der Waals surface area contributed by atoms with Gasteiger partial charge in [-0.15, -0.1) is 0 Å². The van der Waals surface area contributed by atoms with Crippen LogP contribution in [0, 0.1) is 11.6 Å². The van der Waals surface area contributed by atoms with Crippen molar-refractivity contribution in [2.24, 2.45) is 5.10 Å². The number of rotatable bonds is 7. The van der Waals surface area contributed by atoms with Gasteiger partial charge in [-0.05, 0) is 54.4 Å². The number of nitrogens with zero attached hydrogens (tertiary/aromatic N) is 4. The average molecular weight is 505 g/mol. The molecule has 192 valence electrons. The molecule has 1 unspecified atom stereocenters. The highest BCUT2D eigenvalue weighted by Crippen LogP contribution is 2.34. The number of hydrogen-bond acceptors (Lipinski definition) is 5. The van der Waals surface area contributed by atoms with E-state index >= 15 is 0 Å². The smallest absolute Gasteiger partial charge is 0.257 e. The molecule has 5 rings (SSSR count). The number of anilines is 1. The van der Waals surface area contributed by atoms with Gasteiger partial charge in [-0.1, -0.05) is 36.4 Å². The van der Waals surface area contributed by atoms with Gasteiger partial charge in [0.2, 0.25) is 0 Å². The fraction of sp³-hybridized carbons (Fsp3) is 0.310. The first-order valence-corrected chi connectivity index (χ1v) is 12.6. The second-order valence-corrected chi connectivity index (χ2v) is 9.23. The molecule has 0 bridgehead atoms. The van der Waals surface area contributed by atoms with Crippen molar-refractivity contribution in [2.45, 2.75) is 19.4 Å². The lowest BCUT2D eigenvalue weighted by Crippen LogP contribution is -2.49. The van der Waals surface area contributed by atoms with E-state index in [-0.39, 0.29) is 30.1 Å². The molecule has 0 N–H and O–H groups in total. The minimum atomic E-state index is -0.312. The van der Waals surface area contributed by atoms with Crippen molar-refractivity contribution < 1.29 is 18.3 Å². The van der Waals surface area contributed by atoms with Crippen molar-refractivity contribution in [1.29, 1.82) is 0 Å². The number of hydrogen-bond donors (Lipinski definition) is 0. The number of ether oxygens (including phenoxy) is 1. The molecule has 1 amide bonds. The topological polar surface area (TPSA) is 48.4 Å². The second kappa shape index (κ2) is 11.1. The van der Waals surface area contributed by atoms with Crippen LogP contribution in [-0.4, -0.2) is 60.9 Å². The zero-order valence-corrected chi connectivity index (χ0v) is 20.8. The van der Waals surface area contributed by atoms with Crippen molar-refractivity contribution >= 4 is 17.3 Å². The van der Waals surface area contributed by atoms with Gasteiger partial charge in [0.25, 0.3) is 5.91 Å². The van der Waals surface area contributed by atoms with E-state index in [1.54, 1.807) is 29.3 Å². The van der Waals surface area contributed by atoms with Gasteiger partial charge >= 0.3 is 0 Å². The van der Waals surface area contributed by atoms with Crippen LogP contribution in [0.5, 0.6) is 5.75 Å². The van der Waals surface area contributed by atoms with E-state index in [9.17, 15) is 13.6 Å². The summed E-state index contributed by atoms with van der Waals surface area (Å²) in [6.07, 6.45) is 0.534. The Kier molecular flexibility index (Phi) is 7.46. The molecule has 8 heteroatoms. The lowest BCUT2D eigenvalue weighted by Gasteiger charge is -2.36. The summed E-state index contributed by atoms with van der Waals surface area (Å²) in [5.74, 6) is 0.127. The number of piperazine rings is 1. The predicted octanol–water partition coefficient (Wildman–Crippen LogP) is 4.86. The molecule has 3 aromatic carbocycles. The minimum Gasteiger partial charge on any atom is -0.494 e. The number of halogens is 2. The highest BCUT2D eigenvalue weighted by atomic mass is 19.1. The highest BCUT2D eigenvalue weighted by molar-refractivity contribution is 6.03. The zero-order chi connectivity index (χ0) is 25.8. The first kappa shape index (κ1) is 24.9. The number of carbonyl (C=O) groups excluding carboxylic acids is 1. The summed E-state index contributed by atoms with van der Waals surface area (Å²) in [7, 11) is 0. The van der Waals surface area contributed by atoms with Crippen LogP contribution in [0.15, 0.2) is 77.9 Å². The molecule has 1 atom stereocenters. The molecule has 2 heterocycles. The Hall–Kier alpha value is -3.78. The van der Waals surface area contributed by atoms with Gasteiger partial charge in [-0.25, -0.2) is 13.8 Å². The Balaban J connectivity index is 1.30. The molecule has 6 nitrogen and oxygen atoms in total. The van der Waals surface area contributed by atoms with Crippen LogP contribution in [0.25, 0.3) is 0 Å². The van der Waals surface area contributed by atoms with Gasteiger partial charge in [0.1, 0.15) is 17.4 Å². The van der Waals surface area contributed by atoms with Crippen LogP contribution in [0.4, 0.5) is 14.5 Å². The molecule has 0 radical (unpaired) electrons. The van der Waals surface area contributed by atoms with Gasteiger partial charge in [-0.3, -0.25) is 9.69 Å². The zero-order valence-electron chi connectivity index (χ0n) is 20.8. The lowest BCUT2D eigenvalue weighted by atomic mass is 9.98. The summed E-state index contributed by atoms with van der Waals surface area (Å²) >= 11 is 0. The number of para-hydroxylation sites is 1. The average Bonchev–Trinajstić information content (AvgIpc) is 3.36. The Morgan fingerprint density at radius 3 is 2.32 bits per heavy atom. The van der Waals surface area contributed by atoms with Crippen LogP contribution < -0.4 is 9.64 Å². The molecule has 0 saturated carbocycles. The Morgan fingerprint density at radius 2 is 1.65 bits per heavy atom. The SMILES string of the molecule is CCOc1ccc(C2CC(c3ccc(F)cc3)=NN2C(=O)CN2CCN(c3ccccc3F)CC2)cc1. The van der Waals surface area contributed by atoms with E-state index in [4.69, 9.17) is 9.84 Å². The monoisotopic (exact) mass is 504 g/mol. The summed E-state index contributed by atoms with van der Waals surface area (Å²) in [6.45, 7) is 5.31. The van der Waals surface area contributed by atoms with Crippen LogP contribution in [-0.2, 0) is 4.79 Å². The van der Waals surface area contributed by atoms with Gasteiger partial charge in [0.15, 0.2) is 0 Å². The van der Waals surface area contributed by atoms with Crippen LogP contribution >= 0.6 is 0 Å². The second-order valence-electron chi connectivity index (χ2n) is 9.23. The molecule has 2 aliphatic rings. The van der Waals surface area contributed by atoms with Gasteiger partial charge in [0.05, 0.1) is 30.6 Å². The maximum atomic E-state index is 14.2. The summed E-state index contributed by atoms with van der Waals surface area (Å²) in [4.78, 5) is 17.6. The summed E-state index contributed by atoms with van der Waals surface area (Å²) in [5.41, 5.74) is 3.10. The van der Waals surface area contributed by atoms with Crippen LogP contribution in [0.2, 0.25) is 0 Å². The first-order chi connectivity index (χ1) is 18.0. The molecule has 1 saturated heterocycles. The normalized spacial score (nSPS) is 18.1. The molecule has 0 aliphatic carbocycles. The van der Waals surface area contributed by atoms with E-state index in [2.05, 4.69) is 4.90 Å². The third-order valence-corrected chi connectivity index (χ3v) is 6.84. The summed E-state index contributed by atoms with van der Waals surface area (Å²) < 4.78 is 33.3. The number of amides is 1. The third kappa shape index (κ3) is 5.64. The molecule has 0 spiro atoms. The lowest BCUT2D eigenvalue weighted by molar-refractivity contribution is -0.134. The summed E-state index contributed by atoms with van der Waals surface area (Å²) in [6, 6.07) is 20.4. The van der Waals surface area contributed by atoms with Crippen molar-refractivity contribution in [3.63, 3.8) is 0 Å². The predicted molar refractivity (Wildman–Crippen MR) is 140 cm³/mol. The Bertz CT molecular complexity index is 1260. The molecule has 2 aliphatic heterocycles. The molecular formula is C29H30F2N4O2.